The molecule has 7 aromatic rings. The molecule has 0 amide bonds. The molecule has 0 spiro atoms. The Kier molecular flexibility index (Phi) is 7.08. The minimum absolute atomic E-state index is 0.0253. The van der Waals surface area contributed by atoms with Gasteiger partial charge in [0.15, 0.2) is 0 Å². The summed E-state index contributed by atoms with van der Waals surface area (Å²) in [6.45, 7) is 9.63. The number of fused-ring (bicyclic) bond motifs is 3. The van der Waals surface area contributed by atoms with Gasteiger partial charge in [-0.2, -0.15) is 0 Å². The third kappa shape index (κ3) is 4.52. The molecule has 2 atom stereocenters. The van der Waals surface area contributed by atoms with Gasteiger partial charge in [0.05, 0.1) is 5.54 Å². The Hall–Kier alpha value is -6.14. The van der Waals surface area contributed by atoms with Crippen molar-refractivity contribution in [1.29, 1.82) is 0 Å². The number of rotatable bonds is 4. The van der Waals surface area contributed by atoms with Crippen LogP contribution in [0.2, 0.25) is 0 Å². The van der Waals surface area contributed by atoms with Crippen LogP contribution in [0.5, 0.6) is 0 Å². The van der Waals surface area contributed by atoms with Crippen molar-refractivity contribution in [2.24, 2.45) is 0 Å². The van der Waals surface area contributed by atoms with Crippen LogP contribution in [0.25, 0.3) is 11.1 Å². The van der Waals surface area contributed by atoms with Crippen LogP contribution in [0, 0.1) is 11.6 Å². The van der Waals surface area contributed by atoms with Gasteiger partial charge in [0.2, 0.25) is 0 Å². The summed E-state index contributed by atoms with van der Waals surface area (Å²) in [5.41, 5.74) is 18.3. The Balaban J connectivity index is 1.19. The molecule has 4 aliphatic heterocycles. The van der Waals surface area contributed by atoms with Crippen LogP contribution in [-0.4, -0.2) is 12.3 Å². The van der Waals surface area contributed by atoms with E-state index in [1.807, 2.05) is 24.3 Å². The molecular weight excluding hydrogens is 727 g/mol. The number of benzene rings is 7. The average Bonchev–Trinajstić information content (AvgIpc) is 3.46. The third-order valence-electron chi connectivity index (χ3n) is 15.1. The van der Waals surface area contributed by atoms with Crippen LogP contribution in [0.4, 0.5) is 54.3 Å². The van der Waals surface area contributed by atoms with Crippen molar-refractivity contribution in [2.75, 3.05) is 14.7 Å². The molecule has 59 heavy (non-hydrogen) atoms. The number of nitrogens with zero attached hydrogens (tertiary/aromatic N) is 3. The fraction of sp³-hybridized carbons (Fsp3) is 0.208. The second-order valence-electron chi connectivity index (χ2n) is 18.3. The number of anilines is 8. The van der Waals surface area contributed by atoms with Crippen molar-refractivity contribution in [3.63, 3.8) is 0 Å². The second-order valence-corrected chi connectivity index (χ2v) is 18.3. The van der Waals surface area contributed by atoms with Crippen molar-refractivity contribution in [3.8, 4) is 11.1 Å². The molecule has 12 rings (SSSR count). The Morgan fingerprint density at radius 3 is 1.59 bits per heavy atom. The van der Waals surface area contributed by atoms with Gasteiger partial charge in [-0.3, -0.25) is 0 Å². The van der Waals surface area contributed by atoms with E-state index in [4.69, 9.17) is 0 Å². The summed E-state index contributed by atoms with van der Waals surface area (Å²) in [4.78, 5) is 7.43. The summed E-state index contributed by atoms with van der Waals surface area (Å²) in [7, 11) is 0. The van der Waals surface area contributed by atoms with Crippen LogP contribution < -0.4 is 31.1 Å². The topological polar surface area (TPSA) is 9.72 Å². The molecule has 0 bridgehead atoms. The van der Waals surface area contributed by atoms with Gasteiger partial charge < -0.3 is 14.7 Å². The molecule has 1 saturated carbocycles. The van der Waals surface area contributed by atoms with Crippen LogP contribution in [0.15, 0.2) is 146 Å². The molecule has 3 nitrogen and oxygen atoms in total. The van der Waals surface area contributed by atoms with Crippen LogP contribution >= 0.6 is 0 Å². The van der Waals surface area contributed by atoms with Gasteiger partial charge in [0, 0.05) is 56.3 Å². The second kappa shape index (κ2) is 12.0. The molecule has 0 N–H and O–H groups in total. The first-order valence-electron chi connectivity index (χ1n) is 21.1. The van der Waals surface area contributed by atoms with Crippen LogP contribution in [0.1, 0.15) is 70.1 Å². The van der Waals surface area contributed by atoms with E-state index in [1.165, 1.54) is 56.3 Å². The normalized spacial score (nSPS) is 21.3. The SMILES string of the molecule is CC1(C)c2cccc3c2B2c4c(cc(N5c6ccc(-c7ccccc7)cc6C6(C)CCCCC56C)cc4N(c4ccc(F)cc4)c4cccc1c42)N3c1ccc(F)cc1. The monoisotopic (exact) mass is 771 g/mol. The number of hydrogen-bond donors (Lipinski definition) is 0. The molecule has 5 aliphatic rings. The van der Waals surface area contributed by atoms with E-state index in [-0.39, 0.29) is 34.7 Å². The van der Waals surface area contributed by atoms with E-state index < -0.39 is 0 Å². The first kappa shape index (κ1) is 34.9. The molecule has 0 aromatic heterocycles. The van der Waals surface area contributed by atoms with E-state index in [9.17, 15) is 8.78 Å². The van der Waals surface area contributed by atoms with Crippen LogP contribution in [0.3, 0.4) is 0 Å². The van der Waals surface area contributed by atoms with Crippen molar-refractivity contribution in [2.45, 2.75) is 69.7 Å². The lowest BCUT2D eigenvalue weighted by molar-refractivity contribution is 0.195. The zero-order chi connectivity index (χ0) is 40.0. The highest BCUT2D eigenvalue weighted by Crippen LogP contribution is 2.62. The molecular formula is C53H44BF2N3. The zero-order valence-electron chi connectivity index (χ0n) is 33.9. The first-order valence-corrected chi connectivity index (χ1v) is 21.1. The van der Waals surface area contributed by atoms with Gasteiger partial charge in [-0.15, -0.1) is 0 Å². The lowest BCUT2D eigenvalue weighted by atomic mass is 9.28. The Bertz CT molecular complexity index is 2760. The van der Waals surface area contributed by atoms with E-state index >= 15 is 0 Å². The molecule has 1 aliphatic carbocycles. The minimum Gasteiger partial charge on any atom is -0.334 e. The standard InChI is InChI=1S/C53H44BF2N3/c1-51(2)40-14-10-16-44-48(40)54-49-41(51)15-11-17-45(49)58(38-25-21-36(56)22-26-38)47-32-39(31-46(50(47)54)57(44)37-23-19-35(55)20-24-37)59-43-27-18-34(33-12-6-5-7-13-33)30-42(43)52(3)28-8-9-29-53(52,59)4/h5-7,10-27,30-32H,8-9,28-29H2,1-4H3. The van der Waals surface area contributed by atoms with Gasteiger partial charge >= 0.3 is 0 Å². The van der Waals surface area contributed by atoms with E-state index in [0.717, 1.165) is 59.1 Å². The van der Waals surface area contributed by atoms with Gasteiger partial charge in [-0.05, 0) is 149 Å². The molecule has 288 valence electrons. The Labute approximate surface area is 345 Å². The van der Waals surface area contributed by atoms with E-state index in [0.29, 0.717) is 0 Å². The van der Waals surface area contributed by atoms with Gasteiger partial charge in [0.1, 0.15) is 11.6 Å². The van der Waals surface area contributed by atoms with E-state index in [1.54, 1.807) is 24.3 Å². The highest BCUT2D eigenvalue weighted by atomic mass is 19.1. The highest BCUT2D eigenvalue weighted by molar-refractivity contribution is 7.01. The fourth-order valence-corrected chi connectivity index (χ4v) is 12.1. The molecule has 6 heteroatoms. The molecule has 0 radical (unpaired) electrons. The molecule has 2 unspecified atom stereocenters. The lowest BCUT2D eigenvalue weighted by Gasteiger charge is -2.52. The van der Waals surface area contributed by atoms with Crippen molar-refractivity contribution < 1.29 is 8.78 Å². The smallest absolute Gasteiger partial charge is 0.252 e. The largest absolute Gasteiger partial charge is 0.334 e. The number of hydrogen-bond acceptors (Lipinski definition) is 3. The zero-order valence-corrected chi connectivity index (χ0v) is 33.9. The molecule has 1 fully saturated rings. The Morgan fingerprint density at radius 2 is 1.02 bits per heavy atom. The van der Waals surface area contributed by atoms with Crippen molar-refractivity contribution in [3.05, 3.63) is 174 Å². The minimum atomic E-state index is -0.289. The summed E-state index contributed by atoms with van der Waals surface area (Å²) in [6, 6.07) is 50.2. The maximum atomic E-state index is 14.8. The van der Waals surface area contributed by atoms with Gasteiger partial charge in [-0.25, -0.2) is 8.78 Å². The Morgan fingerprint density at radius 1 is 0.458 bits per heavy atom. The predicted molar refractivity (Wildman–Crippen MR) is 241 cm³/mol. The van der Waals surface area contributed by atoms with Crippen LogP contribution in [-0.2, 0) is 10.8 Å². The molecule has 7 aromatic carbocycles. The maximum absolute atomic E-state index is 14.8. The summed E-state index contributed by atoms with van der Waals surface area (Å²) >= 11 is 0. The van der Waals surface area contributed by atoms with Crippen molar-refractivity contribution >= 4 is 68.6 Å². The van der Waals surface area contributed by atoms with Gasteiger partial charge in [0.25, 0.3) is 6.71 Å². The van der Waals surface area contributed by atoms with Gasteiger partial charge in [-0.1, -0.05) is 94.3 Å². The average molecular weight is 772 g/mol. The maximum Gasteiger partial charge on any atom is 0.252 e. The predicted octanol–water partition coefficient (Wildman–Crippen LogP) is 12.1. The third-order valence-corrected chi connectivity index (χ3v) is 15.1. The molecule has 4 heterocycles. The fourth-order valence-electron chi connectivity index (χ4n) is 12.1. The summed E-state index contributed by atoms with van der Waals surface area (Å²) in [5.74, 6) is -0.519. The first-order chi connectivity index (χ1) is 28.6. The summed E-state index contributed by atoms with van der Waals surface area (Å²) in [5, 5.41) is 0. The summed E-state index contributed by atoms with van der Waals surface area (Å²) in [6.07, 6.45) is 4.52. The number of halogens is 2. The van der Waals surface area contributed by atoms with E-state index in [2.05, 4.69) is 139 Å². The lowest BCUT2D eigenvalue weighted by Crippen LogP contribution is -2.67. The summed E-state index contributed by atoms with van der Waals surface area (Å²) < 4.78 is 29.5. The quantitative estimate of drug-likeness (QED) is 0.165. The molecule has 0 saturated heterocycles. The van der Waals surface area contributed by atoms with Crippen molar-refractivity contribution in [1.82, 2.24) is 0 Å². The highest BCUT2D eigenvalue weighted by Gasteiger charge is 2.58.